The predicted molar refractivity (Wildman–Crippen MR) is 83.8 cm³/mol. The van der Waals surface area contributed by atoms with Crippen molar-refractivity contribution in [3.63, 3.8) is 0 Å². The Morgan fingerprint density at radius 1 is 1.19 bits per heavy atom. The van der Waals surface area contributed by atoms with E-state index in [0.29, 0.717) is 11.3 Å². The van der Waals surface area contributed by atoms with Crippen molar-refractivity contribution in [3.8, 4) is 17.0 Å². The van der Waals surface area contributed by atoms with E-state index in [1.54, 1.807) is 6.20 Å². The van der Waals surface area contributed by atoms with Gasteiger partial charge in [0.2, 0.25) is 0 Å². The molecule has 112 valence electrons. The van der Waals surface area contributed by atoms with Gasteiger partial charge in [-0.25, -0.2) is 0 Å². The lowest BCUT2D eigenvalue weighted by molar-refractivity contribution is 0.112. The van der Waals surface area contributed by atoms with Crippen LogP contribution in [0.5, 0.6) is 5.75 Å². The van der Waals surface area contributed by atoms with E-state index in [0.717, 1.165) is 17.6 Å². The minimum atomic E-state index is -0.156. The van der Waals surface area contributed by atoms with Gasteiger partial charge in [-0.2, -0.15) is 5.10 Å². The molecule has 0 saturated carbocycles. The second-order valence-corrected chi connectivity index (χ2v) is 6.36. The lowest BCUT2D eigenvalue weighted by atomic mass is 10.1. The second kappa shape index (κ2) is 5.72. The first kappa shape index (κ1) is 15.3. The number of aldehydes is 1. The topological polar surface area (TPSA) is 44.1 Å². The van der Waals surface area contributed by atoms with E-state index >= 15 is 0 Å². The molecule has 0 spiro atoms. The molecule has 0 atom stereocenters. The van der Waals surface area contributed by atoms with Gasteiger partial charge in [0.15, 0.2) is 6.29 Å². The Bertz CT molecular complexity index is 619. The largest absolute Gasteiger partial charge is 0.491 e. The van der Waals surface area contributed by atoms with Gasteiger partial charge < -0.3 is 4.74 Å². The van der Waals surface area contributed by atoms with Gasteiger partial charge in [0.25, 0.3) is 0 Å². The molecule has 21 heavy (non-hydrogen) atoms. The lowest BCUT2D eigenvalue weighted by Gasteiger charge is -2.18. The molecule has 1 heterocycles. The minimum Gasteiger partial charge on any atom is -0.491 e. The van der Waals surface area contributed by atoms with Gasteiger partial charge in [-0.3, -0.25) is 9.48 Å². The Labute approximate surface area is 125 Å². The number of aromatic nitrogens is 2. The van der Waals surface area contributed by atoms with Crippen molar-refractivity contribution in [1.82, 2.24) is 9.78 Å². The number of nitrogens with zero attached hydrogens (tertiary/aromatic N) is 2. The van der Waals surface area contributed by atoms with Gasteiger partial charge in [0, 0.05) is 11.8 Å². The van der Waals surface area contributed by atoms with Gasteiger partial charge in [-0.05, 0) is 58.9 Å². The molecular formula is C17H22N2O2. The summed E-state index contributed by atoms with van der Waals surface area (Å²) >= 11 is 0. The summed E-state index contributed by atoms with van der Waals surface area (Å²) in [5.41, 5.74) is 2.06. The molecule has 2 aromatic rings. The van der Waals surface area contributed by atoms with Crippen molar-refractivity contribution in [2.45, 2.75) is 46.3 Å². The minimum absolute atomic E-state index is 0.140. The quantitative estimate of drug-likeness (QED) is 0.800. The van der Waals surface area contributed by atoms with Crippen LogP contribution in [-0.2, 0) is 5.54 Å². The van der Waals surface area contributed by atoms with Crippen LogP contribution in [0.3, 0.4) is 0 Å². The van der Waals surface area contributed by atoms with E-state index in [1.807, 2.05) is 42.8 Å². The van der Waals surface area contributed by atoms with E-state index in [2.05, 4.69) is 25.9 Å². The maximum Gasteiger partial charge on any atom is 0.153 e. The van der Waals surface area contributed by atoms with Crippen molar-refractivity contribution < 1.29 is 9.53 Å². The fraction of sp³-hybridized carbons (Fsp3) is 0.412. The highest BCUT2D eigenvalue weighted by Crippen LogP contribution is 2.26. The molecule has 0 unspecified atom stereocenters. The number of ether oxygens (including phenoxy) is 1. The molecule has 0 amide bonds. The normalized spacial score (nSPS) is 11.7. The van der Waals surface area contributed by atoms with Gasteiger partial charge in [-0.1, -0.05) is 0 Å². The molecule has 4 nitrogen and oxygen atoms in total. The van der Waals surface area contributed by atoms with Gasteiger partial charge in [0.1, 0.15) is 11.4 Å². The van der Waals surface area contributed by atoms with Gasteiger partial charge in [-0.15, -0.1) is 0 Å². The maximum atomic E-state index is 11.3. The van der Waals surface area contributed by atoms with Crippen LogP contribution in [0, 0.1) is 0 Å². The SMILES string of the molecule is CC(C)Oc1ccc(-c2nn(C(C)(C)C)cc2C=O)cc1. The Hall–Kier alpha value is -2.10. The van der Waals surface area contributed by atoms with Crippen molar-refractivity contribution in [1.29, 1.82) is 0 Å². The molecule has 0 saturated heterocycles. The molecule has 1 aromatic carbocycles. The van der Waals surface area contributed by atoms with E-state index in [-0.39, 0.29) is 11.6 Å². The highest BCUT2D eigenvalue weighted by Gasteiger charge is 2.18. The van der Waals surface area contributed by atoms with E-state index < -0.39 is 0 Å². The van der Waals surface area contributed by atoms with Crippen molar-refractivity contribution >= 4 is 6.29 Å². The maximum absolute atomic E-state index is 11.3. The Kier molecular flexibility index (Phi) is 4.16. The second-order valence-electron chi connectivity index (χ2n) is 6.36. The number of carbonyl (C=O) groups is 1. The van der Waals surface area contributed by atoms with Crippen LogP contribution in [0.2, 0.25) is 0 Å². The molecule has 0 aliphatic heterocycles. The molecule has 1 aromatic heterocycles. The summed E-state index contributed by atoms with van der Waals surface area (Å²) in [6.07, 6.45) is 2.78. The summed E-state index contributed by atoms with van der Waals surface area (Å²) < 4.78 is 7.45. The molecule has 0 bridgehead atoms. The molecule has 0 aliphatic rings. The summed E-state index contributed by atoms with van der Waals surface area (Å²) in [5.74, 6) is 0.816. The summed E-state index contributed by atoms with van der Waals surface area (Å²) in [4.78, 5) is 11.3. The number of benzene rings is 1. The third-order valence-electron chi connectivity index (χ3n) is 3.06. The predicted octanol–water partition coefficient (Wildman–Crippen LogP) is 3.90. The monoisotopic (exact) mass is 286 g/mol. The zero-order valence-electron chi connectivity index (χ0n) is 13.3. The highest BCUT2D eigenvalue weighted by atomic mass is 16.5. The van der Waals surface area contributed by atoms with Gasteiger partial charge >= 0.3 is 0 Å². The van der Waals surface area contributed by atoms with Crippen LogP contribution < -0.4 is 4.74 Å². The highest BCUT2D eigenvalue weighted by molar-refractivity contribution is 5.85. The molecular weight excluding hydrogens is 264 g/mol. The van der Waals surface area contributed by atoms with Gasteiger partial charge in [0.05, 0.1) is 17.2 Å². The van der Waals surface area contributed by atoms with Crippen LogP contribution in [0.25, 0.3) is 11.3 Å². The fourth-order valence-electron chi connectivity index (χ4n) is 2.01. The van der Waals surface area contributed by atoms with E-state index in [4.69, 9.17) is 4.74 Å². The smallest absolute Gasteiger partial charge is 0.153 e. The average Bonchev–Trinajstić information content (AvgIpc) is 2.83. The summed E-state index contributed by atoms with van der Waals surface area (Å²) in [5, 5.41) is 4.56. The fourth-order valence-corrected chi connectivity index (χ4v) is 2.01. The molecule has 0 N–H and O–H groups in total. The van der Waals surface area contributed by atoms with Crippen LogP contribution in [-0.4, -0.2) is 22.2 Å². The summed E-state index contributed by atoms with van der Waals surface area (Å²) in [6.45, 7) is 10.1. The van der Waals surface area contributed by atoms with Crippen LogP contribution in [0.4, 0.5) is 0 Å². The zero-order valence-corrected chi connectivity index (χ0v) is 13.3. The van der Waals surface area contributed by atoms with Crippen molar-refractivity contribution in [3.05, 3.63) is 36.0 Å². The summed E-state index contributed by atoms with van der Waals surface area (Å²) in [7, 11) is 0. The van der Waals surface area contributed by atoms with Crippen molar-refractivity contribution in [2.75, 3.05) is 0 Å². The number of hydrogen-bond donors (Lipinski definition) is 0. The van der Waals surface area contributed by atoms with Crippen molar-refractivity contribution in [2.24, 2.45) is 0 Å². The zero-order chi connectivity index (χ0) is 15.6. The molecule has 4 heteroatoms. The number of rotatable bonds is 4. The summed E-state index contributed by atoms with van der Waals surface area (Å²) in [6, 6.07) is 7.67. The molecule has 2 rings (SSSR count). The first-order chi connectivity index (χ1) is 9.81. The Morgan fingerprint density at radius 3 is 2.29 bits per heavy atom. The van der Waals surface area contributed by atoms with Crippen LogP contribution in [0.1, 0.15) is 45.0 Å². The average molecular weight is 286 g/mol. The molecule has 0 fully saturated rings. The number of hydrogen-bond acceptors (Lipinski definition) is 3. The Balaban J connectivity index is 2.37. The lowest BCUT2D eigenvalue weighted by Crippen LogP contribution is -2.22. The molecule has 0 radical (unpaired) electrons. The van der Waals surface area contributed by atoms with Crippen LogP contribution >= 0.6 is 0 Å². The standard InChI is InChI=1S/C17H22N2O2/c1-12(2)21-15-8-6-13(7-9-15)16-14(11-20)10-19(18-16)17(3,4)5/h6-12H,1-5H3. The Morgan fingerprint density at radius 2 is 1.81 bits per heavy atom. The van der Waals surface area contributed by atoms with Crippen LogP contribution in [0.15, 0.2) is 30.5 Å². The van der Waals surface area contributed by atoms with E-state index in [9.17, 15) is 4.79 Å². The first-order valence-electron chi connectivity index (χ1n) is 7.13. The number of carbonyl (C=O) groups excluding carboxylic acids is 1. The third-order valence-corrected chi connectivity index (χ3v) is 3.06. The third kappa shape index (κ3) is 3.51. The first-order valence-corrected chi connectivity index (χ1v) is 7.13. The van der Waals surface area contributed by atoms with E-state index in [1.165, 1.54) is 0 Å². The molecule has 0 aliphatic carbocycles.